The van der Waals surface area contributed by atoms with E-state index >= 15 is 0 Å². The van der Waals surface area contributed by atoms with Gasteiger partial charge in [0.05, 0.1) is 5.69 Å². The normalized spacial score (nSPS) is 10.3. The fraction of sp³-hybridized carbons (Fsp3) is 0.154. The Morgan fingerprint density at radius 1 is 1.00 bits per heavy atom. The van der Waals surface area contributed by atoms with Gasteiger partial charge in [-0.1, -0.05) is 18.2 Å². The SMILES string of the molecule is Fc1ccc(CNCc2ccccn2)cc1. The number of pyridine rings is 1. The van der Waals surface area contributed by atoms with E-state index in [1.807, 2.05) is 18.2 Å². The predicted octanol–water partition coefficient (Wildman–Crippen LogP) is 2.51. The molecule has 0 saturated heterocycles. The number of hydrogen-bond acceptors (Lipinski definition) is 2. The molecule has 0 radical (unpaired) electrons. The van der Waals surface area contributed by atoms with E-state index in [2.05, 4.69) is 10.3 Å². The molecule has 0 aliphatic rings. The Balaban J connectivity index is 1.82. The molecule has 0 aliphatic heterocycles. The van der Waals surface area contributed by atoms with E-state index in [9.17, 15) is 4.39 Å². The number of rotatable bonds is 4. The van der Waals surface area contributed by atoms with Gasteiger partial charge in [-0.25, -0.2) is 4.39 Å². The van der Waals surface area contributed by atoms with Gasteiger partial charge in [0.1, 0.15) is 5.82 Å². The summed E-state index contributed by atoms with van der Waals surface area (Å²) in [5.41, 5.74) is 2.07. The van der Waals surface area contributed by atoms with Gasteiger partial charge in [-0.15, -0.1) is 0 Å². The van der Waals surface area contributed by atoms with Crippen molar-refractivity contribution in [2.45, 2.75) is 13.1 Å². The summed E-state index contributed by atoms with van der Waals surface area (Å²) in [7, 11) is 0. The van der Waals surface area contributed by atoms with Crippen LogP contribution in [0.3, 0.4) is 0 Å². The van der Waals surface area contributed by atoms with E-state index in [4.69, 9.17) is 0 Å². The molecule has 0 bridgehead atoms. The Hall–Kier alpha value is -1.74. The van der Waals surface area contributed by atoms with Gasteiger partial charge in [-0.2, -0.15) is 0 Å². The van der Waals surface area contributed by atoms with Crippen LogP contribution in [0.4, 0.5) is 4.39 Å². The van der Waals surface area contributed by atoms with Gasteiger partial charge in [-0.05, 0) is 29.8 Å². The van der Waals surface area contributed by atoms with Crippen molar-refractivity contribution in [3.8, 4) is 0 Å². The first kappa shape index (κ1) is 10.8. The van der Waals surface area contributed by atoms with Gasteiger partial charge in [0.25, 0.3) is 0 Å². The van der Waals surface area contributed by atoms with Crippen LogP contribution in [0.1, 0.15) is 11.3 Å². The van der Waals surface area contributed by atoms with E-state index in [-0.39, 0.29) is 5.82 Å². The lowest BCUT2D eigenvalue weighted by Crippen LogP contribution is -2.13. The molecule has 2 aromatic rings. The summed E-state index contributed by atoms with van der Waals surface area (Å²) in [6.07, 6.45) is 1.77. The molecular weight excluding hydrogens is 203 g/mol. The molecule has 0 atom stereocenters. The highest BCUT2D eigenvalue weighted by Crippen LogP contribution is 2.02. The zero-order chi connectivity index (χ0) is 11.2. The average Bonchev–Trinajstić information content (AvgIpc) is 2.33. The number of nitrogens with zero attached hydrogens (tertiary/aromatic N) is 1. The second kappa shape index (κ2) is 5.37. The largest absolute Gasteiger partial charge is 0.307 e. The Labute approximate surface area is 94.2 Å². The highest BCUT2D eigenvalue weighted by atomic mass is 19.1. The van der Waals surface area contributed by atoms with Crippen molar-refractivity contribution in [1.82, 2.24) is 10.3 Å². The van der Waals surface area contributed by atoms with Crippen LogP contribution in [0.2, 0.25) is 0 Å². The van der Waals surface area contributed by atoms with Crippen molar-refractivity contribution < 1.29 is 4.39 Å². The van der Waals surface area contributed by atoms with Crippen LogP contribution in [-0.2, 0) is 13.1 Å². The minimum Gasteiger partial charge on any atom is -0.307 e. The fourth-order valence-corrected chi connectivity index (χ4v) is 1.44. The molecular formula is C13H13FN2. The van der Waals surface area contributed by atoms with Crippen LogP contribution in [0, 0.1) is 5.82 Å². The molecule has 0 amide bonds. The topological polar surface area (TPSA) is 24.9 Å². The van der Waals surface area contributed by atoms with E-state index in [1.54, 1.807) is 18.3 Å². The molecule has 1 heterocycles. The van der Waals surface area contributed by atoms with Crippen LogP contribution in [0.15, 0.2) is 48.7 Å². The van der Waals surface area contributed by atoms with Gasteiger partial charge in [0.2, 0.25) is 0 Å². The lowest BCUT2D eigenvalue weighted by atomic mass is 10.2. The first-order valence-electron chi connectivity index (χ1n) is 5.20. The number of nitrogens with one attached hydrogen (secondary N) is 1. The minimum absolute atomic E-state index is 0.200. The summed E-state index contributed by atoms with van der Waals surface area (Å²) in [4.78, 5) is 4.20. The Morgan fingerprint density at radius 3 is 2.50 bits per heavy atom. The standard InChI is InChI=1S/C13H13FN2/c14-12-6-4-11(5-7-12)9-15-10-13-3-1-2-8-16-13/h1-8,15H,9-10H2. The number of halogens is 1. The maximum Gasteiger partial charge on any atom is 0.123 e. The van der Waals surface area contributed by atoms with E-state index in [1.165, 1.54) is 12.1 Å². The van der Waals surface area contributed by atoms with E-state index in [0.29, 0.717) is 0 Å². The zero-order valence-corrected chi connectivity index (χ0v) is 8.86. The molecule has 1 N–H and O–H groups in total. The molecule has 0 saturated carbocycles. The molecule has 0 aliphatic carbocycles. The molecule has 2 rings (SSSR count). The molecule has 3 heteroatoms. The molecule has 0 unspecified atom stereocenters. The summed E-state index contributed by atoms with van der Waals surface area (Å²) in [5.74, 6) is -0.200. The quantitative estimate of drug-likeness (QED) is 0.849. The third-order valence-electron chi connectivity index (χ3n) is 2.27. The fourth-order valence-electron chi connectivity index (χ4n) is 1.44. The first-order valence-corrected chi connectivity index (χ1v) is 5.20. The maximum atomic E-state index is 12.6. The molecule has 1 aromatic heterocycles. The van der Waals surface area contributed by atoms with Crippen molar-refractivity contribution in [3.63, 3.8) is 0 Å². The lowest BCUT2D eigenvalue weighted by Gasteiger charge is -2.04. The van der Waals surface area contributed by atoms with Gasteiger partial charge in [-0.3, -0.25) is 4.98 Å². The zero-order valence-electron chi connectivity index (χ0n) is 8.86. The summed E-state index contributed by atoms with van der Waals surface area (Å²) >= 11 is 0. The average molecular weight is 216 g/mol. The van der Waals surface area contributed by atoms with Crippen LogP contribution >= 0.6 is 0 Å². The van der Waals surface area contributed by atoms with Gasteiger partial charge >= 0.3 is 0 Å². The molecule has 16 heavy (non-hydrogen) atoms. The van der Waals surface area contributed by atoms with Crippen molar-refractivity contribution in [2.75, 3.05) is 0 Å². The number of hydrogen-bond donors (Lipinski definition) is 1. The minimum atomic E-state index is -0.200. The van der Waals surface area contributed by atoms with Crippen molar-refractivity contribution in [3.05, 3.63) is 65.7 Å². The van der Waals surface area contributed by atoms with Crippen molar-refractivity contribution >= 4 is 0 Å². The Kier molecular flexibility index (Phi) is 3.62. The third kappa shape index (κ3) is 3.14. The van der Waals surface area contributed by atoms with Crippen molar-refractivity contribution in [1.29, 1.82) is 0 Å². The third-order valence-corrected chi connectivity index (χ3v) is 2.27. The van der Waals surface area contributed by atoms with Crippen LogP contribution < -0.4 is 5.32 Å². The Bertz CT molecular complexity index is 425. The monoisotopic (exact) mass is 216 g/mol. The predicted molar refractivity (Wildman–Crippen MR) is 61.2 cm³/mol. The molecule has 1 aromatic carbocycles. The van der Waals surface area contributed by atoms with E-state index < -0.39 is 0 Å². The highest BCUT2D eigenvalue weighted by Gasteiger charge is 1.95. The summed E-state index contributed by atoms with van der Waals surface area (Å²) < 4.78 is 12.6. The summed E-state index contributed by atoms with van der Waals surface area (Å²) in [5, 5.41) is 3.25. The maximum absolute atomic E-state index is 12.6. The van der Waals surface area contributed by atoms with Crippen LogP contribution in [0.25, 0.3) is 0 Å². The highest BCUT2D eigenvalue weighted by molar-refractivity contribution is 5.15. The molecule has 0 fully saturated rings. The van der Waals surface area contributed by atoms with Crippen LogP contribution in [0.5, 0.6) is 0 Å². The Morgan fingerprint density at radius 2 is 1.81 bits per heavy atom. The number of benzene rings is 1. The smallest absolute Gasteiger partial charge is 0.123 e. The van der Waals surface area contributed by atoms with Crippen molar-refractivity contribution in [2.24, 2.45) is 0 Å². The molecule has 2 nitrogen and oxygen atoms in total. The first-order chi connectivity index (χ1) is 7.84. The van der Waals surface area contributed by atoms with Crippen LogP contribution in [-0.4, -0.2) is 4.98 Å². The second-order valence-corrected chi connectivity index (χ2v) is 3.55. The molecule has 0 spiro atoms. The van der Waals surface area contributed by atoms with Gasteiger partial charge in [0, 0.05) is 19.3 Å². The second-order valence-electron chi connectivity index (χ2n) is 3.55. The number of aromatic nitrogens is 1. The van der Waals surface area contributed by atoms with Gasteiger partial charge < -0.3 is 5.32 Å². The summed E-state index contributed by atoms with van der Waals surface area (Å²) in [6.45, 7) is 1.44. The lowest BCUT2D eigenvalue weighted by molar-refractivity contribution is 0.624. The van der Waals surface area contributed by atoms with Gasteiger partial charge in [0.15, 0.2) is 0 Å². The summed E-state index contributed by atoms with van der Waals surface area (Å²) in [6, 6.07) is 12.3. The molecule has 82 valence electrons. The van der Waals surface area contributed by atoms with E-state index in [0.717, 1.165) is 24.3 Å².